The molecule has 0 aromatic carbocycles. The highest BCUT2D eigenvalue weighted by molar-refractivity contribution is 9.09. The Kier molecular flexibility index (Phi) is 9.61. The average molecular weight is 426 g/mol. The predicted molar refractivity (Wildman–Crippen MR) is 98.3 cm³/mol. The number of esters is 1. The van der Waals surface area contributed by atoms with Crippen LogP contribution in [0.2, 0.25) is 0 Å². The van der Waals surface area contributed by atoms with Crippen LogP contribution in [0.4, 0.5) is 0 Å². The van der Waals surface area contributed by atoms with Gasteiger partial charge in [-0.25, -0.2) is 0 Å². The highest BCUT2D eigenvalue weighted by atomic mass is 79.9. The minimum atomic E-state index is -0.395. The third-order valence-corrected chi connectivity index (χ3v) is 5.56. The molecular formula is C17H23BrCl2O3. The highest BCUT2D eigenvalue weighted by Crippen LogP contribution is 2.35. The molecule has 130 valence electrons. The molecule has 1 saturated heterocycles. The molecule has 6 heteroatoms. The van der Waals surface area contributed by atoms with Gasteiger partial charge in [0.05, 0.1) is 23.0 Å². The molecule has 0 aliphatic carbocycles. The molecule has 0 unspecified atom stereocenters. The zero-order chi connectivity index (χ0) is 17.4. The summed E-state index contributed by atoms with van der Waals surface area (Å²) in [6.07, 6.45) is 9.91. The van der Waals surface area contributed by atoms with Crippen molar-refractivity contribution in [1.29, 1.82) is 0 Å². The van der Waals surface area contributed by atoms with Crippen LogP contribution in [-0.2, 0) is 14.3 Å². The zero-order valence-electron chi connectivity index (χ0n) is 13.4. The van der Waals surface area contributed by atoms with E-state index >= 15 is 0 Å². The molecule has 0 amide bonds. The van der Waals surface area contributed by atoms with E-state index in [-0.39, 0.29) is 34.8 Å². The van der Waals surface area contributed by atoms with Crippen LogP contribution >= 0.6 is 39.1 Å². The minimum Gasteiger partial charge on any atom is -0.461 e. The first kappa shape index (κ1) is 20.8. The third-order valence-electron chi connectivity index (χ3n) is 3.92. The molecule has 3 nitrogen and oxygen atoms in total. The summed E-state index contributed by atoms with van der Waals surface area (Å²) in [5.41, 5.74) is 0. The topological polar surface area (TPSA) is 35.5 Å². The molecule has 23 heavy (non-hydrogen) atoms. The molecule has 1 aliphatic rings. The number of carbonyl (C=O) groups is 1. The molecule has 1 fully saturated rings. The summed E-state index contributed by atoms with van der Waals surface area (Å²) in [7, 11) is 0. The van der Waals surface area contributed by atoms with Gasteiger partial charge >= 0.3 is 5.97 Å². The fourth-order valence-electron chi connectivity index (χ4n) is 2.81. The molecule has 6 atom stereocenters. The molecule has 0 saturated carbocycles. The van der Waals surface area contributed by atoms with Gasteiger partial charge in [0, 0.05) is 18.2 Å². The normalized spacial score (nSPS) is 33.0. The number of allylic oxidation sites excluding steroid dienone is 2. The van der Waals surface area contributed by atoms with Gasteiger partial charge in [0.2, 0.25) is 0 Å². The second-order valence-corrected chi connectivity index (χ2v) is 7.35. The lowest BCUT2D eigenvalue weighted by molar-refractivity contribution is -0.150. The maximum absolute atomic E-state index is 11.4. The zero-order valence-corrected chi connectivity index (χ0v) is 16.5. The van der Waals surface area contributed by atoms with Crippen LogP contribution in [0.25, 0.3) is 0 Å². The lowest BCUT2D eigenvalue weighted by atomic mass is 9.93. The first-order chi connectivity index (χ1) is 10.9. The van der Waals surface area contributed by atoms with Gasteiger partial charge in [-0.05, 0) is 25.3 Å². The van der Waals surface area contributed by atoms with Crippen LogP contribution < -0.4 is 0 Å². The molecule has 0 bridgehead atoms. The molecule has 0 aromatic heterocycles. The van der Waals surface area contributed by atoms with Crippen LogP contribution in [0.3, 0.4) is 0 Å². The first-order valence-corrected chi connectivity index (χ1v) is 9.71. The fraction of sp³-hybridized carbons (Fsp3) is 0.706. The summed E-state index contributed by atoms with van der Waals surface area (Å²) in [5, 5.41) is 0.0615. The number of terminal acetylenes is 1. The van der Waals surface area contributed by atoms with E-state index in [0.717, 1.165) is 6.42 Å². The van der Waals surface area contributed by atoms with E-state index < -0.39 is 6.10 Å². The van der Waals surface area contributed by atoms with E-state index in [0.29, 0.717) is 18.2 Å². The molecule has 1 rings (SSSR count). The van der Waals surface area contributed by atoms with Gasteiger partial charge in [-0.3, -0.25) is 4.79 Å². The predicted octanol–water partition coefficient (Wildman–Crippen LogP) is 4.29. The van der Waals surface area contributed by atoms with Gasteiger partial charge < -0.3 is 9.47 Å². The van der Waals surface area contributed by atoms with Crippen molar-refractivity contribution in [2.75, 3.05) is 5.33 Å². The SMILES string of the molecule is C#C/C=C\C[C@@H](Cl)[C@H]1C[C@H](Cl)[C@@H](OC(C)=O)[C@H](CBr)[C@H](CC)O1. The summed E-state index contributed by atoms with van der Waals surface area (Å²) in [5.74, 6) is 2.10. The lowest BCUT2D eigenvalue weighted by Gasteiger charge is -2.30. The Labute approximate surface area is 157 Å². The van der Waals surface area contributed by atoms with Gasteiger partial charge in [-0.1, -0.05) is 34.9 Å². The quantitative estimate of drug-likeness (QED) is 0.361. The largest absolute Gasteiger partial charge is 0.461 e. The Morgan fingerprint density at radius 1 is 1.61 bits per heavy atom. The Bertz CT molecular complexity index is 450. The summed E-state index contributed by atoms with van der Waals surface area (Å²) in [6, 6.07) is 0. The van der Waals surface area contributed by atoms with Crippen LogP contribution in [0.5, 0.6) is 0 Å². The van der Waals surface area contributed by atoms with Gasteiger partial charge in [-0.2, -0.15) is 0 Å². The maximum Gasteiger partial charge on any atom is 0.302 e. The van der Waals surface area contributed by atoms with Gasteiger partial charge in [0.1, 0.15) is 6.10 Å². The van der Waals surface area contributed by atoms with E-state index in [2.05, 4.69) is 21.9 Å². The van der Waals surface area contributed by atoms with Crippen molar-refractivity contribution in [3.8, 4) is 12.3 Å². The second-order valence-electron chi connectivity index (χ2n) is 5.59. The lowest BCUT2D eigenvalue weighted by Crippen LogP contribution is -2.40. The monoisotopic (exact) mass is 424 g/mol. The number of hydrogen-bond donors (Lipinski definition) is 0. The maximum atomic E-state index is 11.4. The first-order valence-electron chi connectivity index (χ1n) is 7.72. The van der Waals surface area contributed by atoms with Gasteiger partial charge in [0.25, 0.3) is 0 Å². The molecule has 0 radical (unpaired) electrons. The number of rotatable bonds is 6. The summed E-state index contributed by atoms with van der Waals surface area (Å²) >= 11 is 16.5. The standard InChI is InChI=1S/C17H23BrCl2O3/c1-4-6-7-8-13(19)16-9-14(20)17(22-11(3)21)12(10-18)15(5-2)23-16/h1,6-7,12-17H,5,8-10H2,2-3H3/b7-6-/t12-,13-,14+,15+,16-,17+/m1/s1. The molecule has 0 spiro atoms. The molecule has 1 aliphatic heterocycles. The number of ether oxygens (including phenoxy) is 2. The smallest absolute Gasteiger partial charge is 0.302 e. The fourth-order valence-corrected chi connectivity index (χ4v) is 4.27. The summed E-state index contributed by atoms with van der Waals surface area (Å²) < 4.78 is 11.7. The van der Waals surface area contributed by atoms with Crippen molar-refractivity contribution in [3.05, 3.63) is 12.2 Å². The number of carbonyl (C=O) groups excluding carboxylic acids is 1. The van der Waals surface area contributed by atoms with Crippen molar-refractivity contribution >= 4 is 45.1 Å². The summed E-state index contributed by atoms with van der Waals surface area (Å²) in [6.45, 7) is 3.44. The Balaban J connectivity index is 2.93. The second kappa shape index (κ2) is 10.6. The van der Waals surface area contributed by atoms with Crippen molar-refractivity contribution < 1.29 is 14.3 Å². The summed E-state index contributed by atoms with van der Waals surface area (Å²) in [4.78, 5) is 11.4. The highest BCUT2D eigenvalue weighted by Gasteiger charge is 2.42. The van der Waals surface area contributed by atoms with E-state index in [1.54, 1.807) is 6.08 Å². The molecule has 0 N–H and O–H groups in total. The Morgan fingerprint density at radius 2 is 2.30 bits per heavy atom. The number of hydrogen-bond acceptors (Lipinski definition) is 3. The third kappa shape index (κ3) is 6.31. The average Bonchev–Trinajstić information content (AvgIpc) is 2.64. The van der Waals surface area contributed by atoms with Crippen LogP contribution in [-0.4, -0.2) is 40.4 Å². The molecule has 0 aromatic rings. The van der Waals surface area contributed by atoms with E-state index in [4.69, 9.17) is 39.1 Å². The molecular weight excluding hydrogens is 403 g/mol. The van der Waals surface area contributed by atoms with Gasteiger partial charge in [-0.15, -0.1) is 29.6 Å². The van der Waals surface area contributed by atoms with E-state index in [1.165, 1.54) is 6.92 Å². The number of halogens is 3. The molecule has 1 heterocycles. The van der Waals surface area contributed by atoms with Gasteiger partial charge in [0.15, 0.2) is 0 Å². The Morgan fingerprint density at radius 3 is 2.83 bits per heavy atom. The van der Waals surface area contributed by atoms with Crippen molar-refractivity contribution in [2.24, 2.45) is 5.92 Å². The van der Waals surface area contributed by atoms with Crippen molar-refractivity contribution in [2.45, 2.75) is 62.2 Å². The van der Waals surface area contributed by atoms with Crippen molar-refractivity contribution in [1.82, 2.24) is 0 Å². The minimum absolute atomic E-state index is 0.0125. The number of alkyl halides is 3. The van der Waals surface area contributed by atoms with Crippen LogP contribution in [0.15, 0.2) is 12.2 Å². The van der Waals surface area contributed by atoms with Crippen LogP contribution in [0, 0.1) is 18.3 Å². The van der Waals surface area contributed by atoms with E-state index in [1.807, 2.05) is 13.0 Å². The van der Waals surface area contributed by atoms with Crippen LogP contribution in [0.1, 0.15) is 33.1 Å². The van der Waals surface area contributed by atoms with Crippen molar-refractivity contribution in [3.63, 3.8) is 0 Å². The Hall–Kier alpha value is -0.210. The van der Waals surface area contributed by atoms with E-state index in [9.17, 15) is 4.79 Å².